The highest BCUT2D eigenvalue weighted by Gasteiger charge is 2.24. The maximum atomic E-state index is 14.1. The van der Waals surface area contributed by atoms with Crippen LogP contribution in [0.25, 0.3) is 21.5 Å². The van der Waals surface area contributed by atoms with Crippen molar-refractivity contribution < 1.29 is 9.59 Å². The number of anilines is 2. The van der Waals surface area contributed by atoms with Crippen LogP contribution in [0, 0.1) is 13.8 Å². The molecule has 6 nitrogen and oxygen atoms in total. The Kier molecular flexibility index (Phi) is 8.80. The minimum Gasteiger partial charge on any atom is -0.286 e. The Morgan fingerprint density at radius 3 is 1.27 bits per heavy atom. The van der Waals surface area contributed by atoms with Gasteiger partial charge in [0.15, 0.2) is 10.1 Å². The number of Topliss-reactive ketones (excluding diaryl/α,β-unsaturated/α-hetero) is 2. The zero-order valence-corrected chi connectivity index (χ0v) is 25.6. The second kappa shape index (κ2) is 13.4. The third-order valence-electron chi connectivity index (χ3n) is 7.28. The quantitative estimate of drug-likeness (QED) is 0.0781. The number of nitrogens with zero attached hydrogens (tertiary/aromatic N) is 2. The molecule has 6 aromatic carbocycles. The number of hydrazone groups is 2. The van der Waals surface area contributed by atoms with E-state index in [1.165, 1.54) is 0 Å². The zero-order chi connectivity index (χ0) is 31.2. The van der Waals surface area contributed by atoms with Gasteiger partial charge in [0.05, 0.1) is 11.4 Å². The van der Waals surface area contributed by atoms with Crippen molar-refractivity contribution >= 4 is 66.3 Å². The van der Waals surface area contributed by atoms with Crippen molar-refractivity contribution in [2.24, 2.45) is 10.2 Å². The second-order valence-electron chi connectivity index (χ2n) is 10.7. The van der Waals surface area contributed by atoms with Crippen molar-refractivity contribution in [2.45, 2.75) is 13.8 Å². The molecule has 0 heterocycles. The first-order chi connectivity index (χ1) is 21.9. The number of hydrogen-bond acceptors (Lipinski definition) is 7. The molecular weight excluding hydrogens is 577 g/mol. The summed E-state index contributed by atoms with van der Waals surface area (Å²) >= 11 is 0.927. The van der Waals surface area contributed by atoms with Gasteiger partial charge < -0.3 is 0 Å². The van der Waals surface area contributed by atoms with Gasteiger partial charge in [0.25, 0.3) is 0 Å². The van der Waals surface area contributed by atoms with Crippen LogP contribution in [0.3, 0.4) is 0 Å². The molecule has 0 aliphatic heterocycles. The van der Waals surface area contributed by atoms with Crippen LogP contribution in [0.2, 0.25) is 0 Å². The van der Waals surface area contributed by atoms with Crippen LogP contribution in [0.15, 0.2) is 144 Å². The molecule has 0 amide bonds. The molecule has 0 radical (unpaired) electrons. The third-order valence-corrected chi connectivity index (χ3v) is 8.22. The summed E-state index contributed by atoms with van der Waals surface area (Å²) in [6.07, 6.45) is 0. The molecule has 0 aromatic heterocycles. The fourth-order valence-corrected chi connectivity index (χ4v) is 5.51. The summed E-state index contributed by atoms with van der Waals surface area (Å²) in [5, 5.41) is 13.1. The van der Waals surface area contributed by atoms with Gasteiger partial charge in [-0.1, -0.05) is 108 Å². The Bertz CT molecular complexity index is 1930. The van der Waals surface area contributed by atoms with E-state index in [1.54, 1.807) is 12.1 Å². The van der Waals surface area contributed by atoms with Gasteiger partial charge in [0.2, 0.25) is 11.6 Å². The van der Waals surface area contributed by atoms with E-state index in [0.717, 1.165) is 44.4 Å². The van der Waals surface area contributed by atoms with E-state index in [2.05, 4.69) is 21.1 Å². The Morgan fingerprint density at radius 1 is 0.489 bits per heavy atom. The molecule has 7 heteroatoms. The summed E-state index contributed by atoms with van der Waals surface area (Å²) in [5.74, 6) is -0.667. The molecule has 0 saturated heterocycles. The lowest BCUT2D eigenvalue weighted by Crippen LogP contribution is -2.20. The Labute approximate surface area is 265 Å². The predicted molar refractivity (Wildman–Crippen MR) is 189 cm³/mol. The van der Waals surface area contributed by atoms with E-state index >= 15 is 0 Å². The largest absolute Gasteiger partial charge is 0.286 e. The van der Waals surface area contributed by atoms with E-state index in [4.69, 9.17) is 0 Å². The lowest BCUT2D eigenvalue weighted by molar-refractivity contribution is 0.106. The Balaban J connectivity index is 1.40. The van der Waals surface area contributed by atoms with Crippen LogP contribution >= 0.6 is 11.8 Å². The molecule has 0 spiro atoms. The normalized spacial score (nSPS) is 11.9. The fraction of sp³-hybridized carbons (Fsp3) is 0.0526. The molecule has 45 heavy (non-hydrogen) atoms. The van der Waals surface area contributed by atoms with E-state index in [1.807, 2.05) is 135 Å². The minimum absolute atomic E-state index is 0.0736. The molecule has 0 fully saturated rings. The average Bonchev–Trinajstić information content (AvgIpc) is 3.08. The summed E-state index contributed by atoms with van der Waals surface area (Å²) in [4.78, 5) is 28.1. The third kappa shape index (κ3) is 7.17. The maximum absolute atomic E-state index is 14.1. The van der Waals surface area contributed by atoms with Crippen molar-refractivity contribution in [1.82, 2.24) is 0 Å². The van der Waals surface area contributed by atoms with Gasteiger partial charge in [-0.2, -0.15) is 10.2 Å². The number of carbonyl (C=O) groups is 2. The molecule has 220 valence electrons. The number of benzene rings is 6. The standard InChI is InChI=1S/C38H30N4O2S/c1-25-11-19-33(20-12-25)39-41-37(35(43)31-17-15-27-7-3-5-9-29(27)23-31)45-38(42-40-34-21-13-26(2)14-22-34)36(44)32-18-16-28-8-4-6-10-30(28)24-32/h3-24,39-40H,1-2H3/b41-37-,42-38+. The molecule has 0 unspecified atom stereocenters. The molecular formula is C38H30N4O2S. The summed E-state index contributed by atoms with van der Waals surface area (Å²) in [5.41, 5.74) is 10.5. The number of thioether (sulfide) groups is 1. The number of hydrogen-bond donors (Lipinski definition) is 2. The van der Waals surface area contributed by atoms with Crippen molar-refractivity contribution in [1.29, 1.82) is 0 Å². The Hall–Kier alpha value is -5.53. The topological polar surface area (TPSA) is 82.9 Å². The number of rotatable bonds is 8. The molecule has 2 N–H and O–H groups in total. The number of aryl methyl sites for hydroxylation is 2. The molecule has 0 saturated carbocycles. The van der Waals surface area contributed by atoms with E-state index in [-0.39, 0.29) is 21.7 Å². The van der Waals surface area contributed by atoms with Crippen LogP contribution in [0.4, 0.5) is 11.4 Å². The van der Waals surface area contributed by atoms with Gasteiger partial charge in [-0.25, -0.2) is 0 Å². The van der Waals surface area contributed by atoms with Crippen molar-refractivity contribution in [3.05, 3.63) is 156 Å². The molecule has 0 bridgehead atoms. The van der Waals surface area contributed by atoms with Gasteiger partial charge in [0.1, 0.15) is 0 Å². The molecule has 0 atom stereocenters. The highest BCUT2D eigenvalue weighted by Crippen LogP contribution is 2.23. The lowest BCUT2D eigenvalue weighted by Gasteiger charge is -2.11. The SMILES string of the molecule is Cc1ccc(N/N=C(\S/C(=N/Nc2ccc(C)cc2)C(=O)c2ccc3ccccc3c2)C(=O)c2ccc3ccccc3c2)cc1. The summed E-state index contributed by atoms with van der Waals surface area (Å²) in [7, 11) is 0. The monoisotopic (exact) mass is 606 g/mol. The number of carbonyl (C=O) groups excluding carboxylic acids is 2. The van der Waals surface area contributed by atoms with Crippen molar-refractivity contribution in [3.8, 4) is 0 Å². The van der Waals surface area contributed by atoms with Crippen LogP contribution < -0.4 is 10.9 Å². The molecule has 6 aromatic rings. The van der Waals surface area contributed by atoms with Gasteiger partial charge in [0, 0.05) is 11.1 Å². The first kappa shape index (κ1) is 29.5. The van der Waals surface area contributed by atoms with Crippen LogP contribution in [0.1, 0.15) is 31.8 Å². The van der Waals surface area contributed by atoms with Crippen LogP contribution in [-0.2, 0) is 0 Å². The summed E-state index contributed by atoms with van der Waals surface area (Å²) < 4.78 is 0. The average molecular weight is 607 g/mol. The number of fused-ring (bicyclic) bond motifs is 2. The van der Waals surface area contributed by atoms with E-state index < -0.39 is 0 Å². The summed E-state index contributed by atoms with van der Waals surface area (Å²) in [6, 6.07) is 42.1. The Morgan fingerprint density at radius 2 is 0.867 bits per heavy atom. The van der Waals surface area contributed by atoms with Gasteiger partial charge >= 0.3 is 0 Å². The highest BCUT2D eigenvalue weighted by atomic mass is 32.2. The highest BCUT2D eigenvalue weighted by molar-refractivity contribution is 8.29. The van der Waals surface area contributed by atoms with Crippen LogP contribution in [-0.4, -0.2) is 21.7 Å². The maximum Gasteiger partial charge on any atom is 0.220 e. The van der Waals surface area contributed by atoms with Gasteiger partial charge in [-0.05, 0) is 83.6 Å². The molecule has 0 aliphatic rings. The van der Waals surface area contributed by atoms with Gasteiger partial charge in [-0.15, -0.1) is 0 Å². The summed E-state index contributed by atoms with van der Waals surface area (Å²) in [6.45, 7) is 4.00. The second-order valence-corrected chi connectivity index (χ2v) is 11.7. The van der Waals surface area contributed by atoms with Crippen LogP contribution in [0.5, 0.6) is 0 Å². The lowest BCUT2D eigenvalue weighted by atomic mass is 10.0. The van der Waals surface area contributed by atoms with Crippen molar-refractivity contribution in [2.75, 3.05) is 10.9 Å². The molecule has 0 aliphatic carbocycles. The minimum atomic E-state index is -0.334. The fourth-order valence-electron chi connectivity index (χ4n) is 4.73. The van der Waals surface area contributed by atoms with E-state index in [0.29, 0.717) is 22.5 Å². The first-order valence-electron chi connectivity index (χ1n) is 14.5. The number of nitrogens with one attached hydrogen (secondary N) is 2. The van der Waals surface area contributed by atoms with E-state index in [9.17, 15) is 9.59 Å². The number of ketones is 2. The zero-order valence-electron chi connectivity index (χ0n) is 24.8. The van der Waals surface area contributed by atoms with Crippen molar-refractivity contribution in [3.63, 3.8) is 0 Å². The molecule has 6 rings (SSSR count). The van der Waals surface area contributed by atoms with Gasteiger partial charge in [-0.3, -0.25) is 20.4 Å². The first-order valence-corrected chi connectivity index (χ1v) is 15.3. The predicted octanol–water partition coefficient (Wildman–Crippen LogP) is 9.26. The smallest absolute Gasteiger partial charge is 0.220 e.